The van der Waals surface area contributed by atoms with Crippen LogP contribution >= 0.6 is 11.6 Å². The van der Waals surface area contributed by atoms with Crippen molar-refractivity contribution in [2.45, 2.75) is 27.7 Å². The lowest BCUT2D eigenvalue weighted by atomic mass is 10.2. The summed E-state index contributed by atoms with van der Waals surface area (Å²) >= 11 is 6.09. The Balaban J connectivity index is 2.77. The van der Waals surface area contributed by atoms with Gasteiger partial charge in [-0.25, -0.2) is 8.42 Å². The molecule has 0 spiro atoms. The van der Waals surface area contributed by atoms with Crippen LogP contribution in [0.1, 0.15) is 27.7 Å². The smallest absolute Gasteiger partial charge is 0.232 e. The Bertz CT molecular complexity index is 541. The molecule has 0 bridgehead atoms. The van der Waals surface area contributed by atoms with Gasteiger partial charge in [0.1, 0.15) is 5.75 Å². The number of ether oxygens (including phenoxy) is 1. The third-order valence-corrected chi connectivity index (χ3v) is 4.28. The van der Waals surface area contributed by atoms with Gasteiger partial charge in [-0.05, 0) is 30.0 Å². The maximum Gasteiger partial charge on any atom is 0.232 e. The number of hydrogen-bond acceptors (Lipinski definition) is 3. The van der Waals surface area contributed by atoms with Crippen molar-refractivity contribution in [3.63, 3.8) is 0 Å². The van der Waals surface area contributed by atoms with E-state index in [9.17, 15) is 8.42 Å². The predicted octanol–water partition coefficient (Wildman–Crippen LogP) is 3.77. The second-order valence-electron chi connectivity index (χ2n) is 5.63. The second kappa shape index (κ2) is 7.18. The Kier molecular flexibility index (Phi) is 6.14. The fraction of sp³-hybridized carbons (Fsp3) is 0.571. The van der Waals surface area contributed by atoms with Crippen molar-refractivity contribution in [3.05, 3.63) is 23.2 Å². The number of benzene rings is 1. The van der Waals surface area contributed by atoms with Crippen molar-refractivity contribution < 1.29 is 13.2 Å². The molecule has 0 radical (unpaired) electrons. The number of hydrogen-bond donors (Lipinski definition) is 1. The van der Waals surface area contributed by atoms with E-state index < -0.39 is 10.0 Å². The van der Waals surface area contributed by atoms with Crippen LogP contribution in [0.3, 0.4) is 0 Å². The van der Waals surface area contributed by atoms with E-state index in [2.05, 4.69) is 4.72 Å². The molecular weight excluding hydrogens is 298 g/mol. The lowest BCUT2D eigenvalue weighted by molar-refractivity contribution is 0.271. The third-order valence-electron chi connectivity index (χ3n) is 2.33. The number of halogens is 1. The van der Waals surface area contributed by atoms with Crippen LogP contribution in [0.4, 0.5) is 5.69 Å². The second-order valence-corrected chi connectivity index (χ2v) is 7.80. The Morgan fingerprint density at radius 1 is 1.20 bits per heavy atom. The number of sulfonamides is 1. The van der Waals surface area contributed by atoms with Crippen molar-refractivity contribution in [1.82, 2.24) is 0 Å². The monoisotopic (exact) mass is 319 g/mol. The standard InChI is InChI=1S/C14H22ClNO3S/c1-10(2)8-19-14-6-5-12(7-13(14)15)16-20(17,18)9-11(3)4/h5-7,10-11,16H,8-9H2,1-4H3. The molecule has 20 heavy (non-hydrogen) atoms. The zero-order chi connectivity index (χ0) is 15.3. The fourth-order valence-electron chi connectivity index (χ4n) is 1.60. The predicted molar refractivity (Wildman–Crippen MR) is 84.0 cm³/mol. The molecule has 1 rings (SSSR count). The topological polar surface area (TPSA) is 55.4 Å². The molecule has 0 amide bonds. The highest BCUT2D eigenvalue weighted by atomic mass is 35.5. The van der Waals surface area contributed by atoms with Crippen LogP contribution in [0, 0.1) is 11.8 Å². The molecule has 0 saturated carbocycles. The van der Waals surface area contributed by atoms with E-state index in [0.29, 0.717) is 29.0 Å². The Morgan fingerprint density at radius 2 is 1.85 bits per heavy atom. The first-order chi connectivity index (χ1) is 9.19. The van der Waals surface area contributed by atoms with Gasteiger partial charge in [0.2, 0.25) is 10.0 Å². The first kappa shape index (κ1) is 17.1. The van der Waals surface area contributed by atoms with Crippen LogP contribution in [-0.2, 0) is 10.0 Å². The van der Waals surface area contributed by atoms with Crippen LogP contribution < -0.4 is 9.46 Å². The van der Waals surface area contributed by atoms with E-state index in [0.717, 1.165) is 0 Å². The summed E-state index contributed by atoms with van der Waals surface area (Å²) in [6.45, 7) is 8.37. The summed E-state index contributed by atoms with van der Waals surface area (Å²) in [5, 5.41) is 0.399. The van der Waals surface area contributed by atoms with Gasteiger partial charge in [0.15, 0.2) is 0 Å². The lowest BCUT2D eigenvalue weighted by Crippen LogP contribution is -2.20. The molecule has 0 aliphatic rings. The largest absolute Gasteiger partial charge is 0.492 e. The Morgan fingerprint density at radius 3 is 2.35 bits per heavy atom. The zero-order valence-corrected chi connectivity index (χ0v) is 13.9. The van der Waals surface area contributed by atoms with Crippen molar-refractivity contribution in [1.29, 1.82) is 0 Å². The summed E-state index contributed by atoms with van der Waals surface area (Å²) in [5.41, 5.74) is 0.451. The van der Waals surface area contributed by atoms with E-state index in [1.165, 1.54) is 0 Å². The number of anilines is 1. The average molecular weight is 320 g/mol. The van der Waals surface area contributed by atoms with Gasteiger partial charge < -0.3 is 4.74 Å². The normalized spacial score (nSPS) is 11.9. The minimum absolute atomic E-state index is 0.0663. The van der Waals surface area contributed by atoms with E-state index in [4.69, 9.17) is 16.3 Å². The highest BCUT2D eigenvalue weighted by molar-refractivity contribution is 7.92. The van der Waals surface area contributed by atoms with Gasteiger partial charge in [-0.15, -0.1) is 0 Å². The Hall–Kier alpha value is -0.940. The summed E-state index contributed by atoms with van der Waals surface area (Å²) < 4.78 is 31.7. The van der Waals surface area contributed by atoms with Gasteiger partial charge in [-0.1, -0.05) is 39.3 Å². The van der Waals surface area contributed by atoms with E-state index >= 15 is 0 Å². The Labute approximate surface area is 126 Å². The molecule has 1 N–H and O–H groups in total. The maximum atomic E-state index is 11.8. The molecule has 1 aromatic rings. The van der Waals surface area contributed by atoms with Crippen molar-refractivity contribution in [3.8, 4) is 5.75 Å². The highest BCUT2D eigenvalue weighted by Crippen LogP contribution is 2.28. The molecule has 1 aromatic carbocycles. The molecule has 0 atom stereocenters. The van der Waals surface area contributed by atoms with Gasteiger partial charge in [0.05, 0.1) is 23.1 Å². The van der Waals surface area contributed by atoms with Crippen LogP contribution in [-0.4, -0.2) is 20.8 Å². The van der Waals surface area contributed by atoms with Crippen molar-refractivity contribution in [2.75, 3.05) is 17.1 Å². The summed E-state index contributed by atoms with van der Waals surface area (Å²) in [6, 6.07) is 4.90. The van der Waals surface area contributed by atoms with Gasteiger partial charge in [-0.3, -0.25) is 4.72 Å². The summed E-state index contributed by atoms with van der Waals surface area (Å²) in [6.07, 6.45) is 0. The minimum atomic E-state index is -3.34. The molecule has 0 aliphatic heterocycles. The number of nitrogens with one attached hydrogen (secondary N) is 1. The summed E-state index contributed by atoms with van der Waals surface area (Å²) in [5.74, 6) is 1.11. The van der Waals surface area contributed by atoms with E-state index in [-0.39, 0.29) is 11.7 Å². The average Bonchev–Trinajstić information content (AvgIpc) is 2.24. The lowest BCUT2D eigenvalue weighted by Gasteiger charge is -2.13. The SMILES string of the molecule is CC(C)COc1ccc(NS(=O)(=O)CC(C)C)cc1Cl. The quantitative estimate of drug-likeness (QED) is 0.832. The van der Waals surface area contributed by atoms with E-state index in [1.54, 1.807) is 18.2 Å². The zero-order valence-electron chi connectivity index (χ0n) is 12.3. The molecular formula is C14H22ClNO3S. The van der Waals surface area contributed by atoms with Crippen LogP contribution in [0.25, 0.3) is 0 Å². The third kappa shape index (κ3) is 6.01. The molecule has 0 saturated heterocycles. The van der Waals surface area contributed by atoms with Crippen LogP contribution in [0.2, 0.25) is 5.02 Å². The molecule has 4 nitrogen and oxygen atoms in total. The summed E-state index contributed by atoms with van der Waals surface area (Å²) in [4.78, 5) is 0. The molecule has 0 fully saturated rings. The number of rotatable bonds is 7. The minimum Gasteiger partial charge on any atom is -0.492 e. The molecule has 0 aliphatic carbocycles. The van der Waals surface area contributed by atoms with Crippen molar-refractivity contribution in [2.24, 2.45) is 11.8 Å². The first-order valence-corrected chi connectivity index (χ1v) is 8.65. The first-order valence-electron chi connectivity index (χ1n) is 6.62. The van der Waals surface area contributed by atoms with Gasteiger partial charge in [-0.2, -0.15) is 0 Å². The molecule has 0 heterocycles. The van der Waals surface area contributed by atoms with Crippen LogP contribution in [0.5, 0.6) is 5.75 Å². The fourth-order valence-corrected chi connectivity index (χ4v) is 3.28. The molecule has 0 aromatic heterocycles. The molecule has 6 heteroatoms. The van der Waals surface area contributed by atoms with Crippen molar-refractivity contribution >= 4 is 27.3 Å². The van der Waals surface area contributed by atoms with Gasteiger partial charge in [0.25, 0.3) is 0 Å². The molecule has 0 unspecified atom stereocenters. The van der Waals surface area contributed by atoms with Crippen LogP contribution in [0.15, 0.2) is 18.2 Å². The molecule has 114 valence electrons. The maximum absolute atomic E-state index is 11.8. The highest BCUT2D eigenvalue weighted by Gasteiger charge is 2.14. The van der Waals surface area contributed by atoms with Gasteiger partial charge >= 0.3 is 0 Å². The van der Waals surface area contributed by atoms with E-state index in [1.807, 2.05) is 27.7 Å². The van der Waals surface area contributed by atoms with Gasteiger partial charge in [0, 0.05) is 0 Å². The summed E-state index contributed by atoms with van der Waals surface area (Å²) in [7, 11) is -3.34.